The van der Waals surface area contributed by atoms with Crippen LogP contribution in [0, 0.1) is 6.92 Å². The molecule has 0 fully saturated rings. The van der Waals surface area contributed by atoms with Crippen molar-refractivity contribution in [1.82, 2.24) is 0 Å². The van der Waals surface area contributed by atoms with E-state index >= 15 is 0 Å². The summed E-state index contributed by atoms with van der Waals surface area (Å²) in [5.41, 5.74) is 2.25. The van der Waals surface area contributed by atoms with Gasteiger partial charge in [0.1, 0.15) is 0 Å². The topological polar surface area (TPSA) is 20.2 Å². The van der Waals surface area contributed by atoms with E-state index in [4.69, 9.17) is 0 Å². The molecule has 66 valence electrons. The average Bonchev–Trinajstić information content (AvgIpc) is 2.05. The predicted molar refractivity (Wildman–Crippen MR) is 51.0 cm³/mol. The first-order chi connectivity index (χ1) is 5.74. The molecule has 0 saturated carbocycles. The van der Waals surface area contributed by atoms with E-state index in [-0.39, 0.29) is 6.10 Å². The standard InChI is InChI=1S/C11H16O/c1-3-5-11(12)10-7-4-6-9(2)8-10/h4,6-8,11-12H,3,5H2,1-2H3. The van der Waals surface area contributed by atoms with E-state index in [0.29, 0.717) is 0 Å². The molecule has 1 rings (SSSR count). The van der Waals surface area contributed by atoms with Crippen molar-refractivity contribution in [3.05, 3.63) is 35.4 Å². The minimum Gasteiger partial charge on any atom is -0.388 e. The summed E-state index contributed by atoms with van der Waals surface area (Å²) in [5, 5.41) is 9.64. The first-order valence-corrected chi connectivity index (χ1v) is 4.48. The minimum atomic E-state index is -0.283. The molecule has 0 saturated heterocycles. The third kappa shape index (κ3) is 2.35. The summed E-state index contributed by atoms with van der Waals surface area (Å²) in [6.45, 7) is 4.13. The molecule has 1 nitrogen and oxygen atoms in total. The summed E-state index contributed by atoms with van der Waals surface area (Å²) in [6.07, 6.45) is 1.59. The fraction of sp³-hybridized carbons (Fsp3) is 0.455. The van der Waals surface area contributed by atoms with Crippen LogP contribution in [0.25, 0.3) is 0 Å². The Morgan fingerprint density at radius 1 is 1.42 bits per heavy atom. The zero-order valence-electron chi connectivity index (χ0n) is 7.75. The molecule has 1 heteroatoms. The molecule has 0 spiro atoms. The van der Waals surface area contributed by atoms with Gasteiger partial charge in [-0.2, -0.15) is 0 Å². The normalized spacial score (nSPS) is 12.9. The van der Waals surface area contributed by atoms with Crippen molar-refractivity contribution in [2.75, 3.05) is 0 Å². The quantitative estimate of drug-likeness (QED) is 0.728. The van der Waals surface area contributed by atoms with Crippen molar-refractivity contribution < 1.29 is 5.11 Å². The van der Waals surface area contributed by atoms with E-state index in [9.17, 15) is 5.11 Å². The lowest BCUT2D eigenvalue weighted by Gasteiger charge is -2.09. The molecule has 1 aromatic rings. The van der Waals surface area contributed by atoms with Crippen LogP contribution in [0.3, 0.4) is 0 Å². The second-order valence-corrected chi connectivity index (χ2v) is 3.22. The molecule has 0 aliphatic heterocycles. The first-order valence-electron chi connectivity index (χ1n) is 4.48. The number of hydrogen-bond donors (Lipinski definition) is 1. The van der Waals surface area contributed by atoms with Crippen LogP contribution in [0.5, 0.6) is 0 Å². The fourth-order valence-corrected chi connectivity index (χ4v) is 1.32. The average molecular weight is 164 g/mol. The highest BCUT2D eigenvalue weighted by molar-refractivity contribution is 5.23. The molecule has 1 atom stereocenters. The molecule has 0 aliphatic carbocycles. The molecule has 1 unspecified atom stereocenters. The van der Waals surface area contributed by atoms with E-state index in [2.05, 4.69) is 6.92 Å². The van der Waals surface area contributed by atoms with Crippen LogP contribution >= 0.6 is 0 Å². The van der Waals surface area contributed by atoms with E-state index < -0.39 is 0 Å². The molecular weight excluding hydrogens is 148 g/mol. The van der Waals surface area contributed by atoms with Gasteiger partial charge in [0, 0.05) is 0 Å². The smallest absolute Gasteiger partial charge is 0.0790 e. The molecule has 12 heavy (non-hydrogen) atoms. The zero-order valence-corrected chi connectivity index (χ0v) is 7.75. The Labute approximate surface area is 74.1 Å². The summed E-state index contributed by atoms with van der Waals surface area (Å²) in [7, 11) is 0. The molecule has 0 radical (unpaired) electrons. The van der Waals surface area contributed by atoms with Crippen molar-refractivity contribution >= 4 is 0 Å². The van der Waals surface area contributed by atoms with Crippen LogP contribution in [-0.4, -0.2) is 5.11 Å². The second-order valence-electron chi connectivity index (χ2n) is 3.22. The third-order valence-electron chi connectivity index (χ3n) is 1.99. The van der Waals surface area contributed by atoms with Crippen LogP contribution in [0.4, 0.5) is 0 Å². The number of rotatable bonds is 3. The van der Waals surface area contributed by atoms with Crippen LogP contribution in [0.2, 0.25) is 0 Å². The van der Waals surface area contributed by atoms with Gasteiger partial charge in [-0.25, -0.2) is 0 Å². The van der Waals surface area contributed by atoms with E-state index in [1.54, 1.807) is 0 Å². The molecule has 0 heterocycles. The van der Waals surface area contributed by atoms with Gasteiger partial charge in [-0.3, -0.25) is 0 Å². The number of aliphatic hydroxyl groups is 1. The van der Waals surface area contributed by atoms with Gasteiger partial charge in [-0.05, 0) is 18.9 Å². The Balaban J connectivity index is 2.73. The van der Waals surface area contributed by atoms with E-state index in [1.165, 1.54) is 5.56 Å². The van der Waals surface area contributed by atoms with E-state index in [1.807, 2.05) is 31.2 Å². The summed E-state index contributed by atoms with van der Waals surface area (Å²) >= 11 is 0. The summed E-state index contributed by atoms with van der Waals surface area (Å²) in [5.74, 6) is 0. The molecular formula is C11H16O. The van der Waals surface area contributed by atoms with Gasteiger partial charge < -0.3 is 5.11 Å². The Morgan fingerprint density at radius 3 is 2.75 bits per heavy atom. The van der Waals surface area contributed by atoms with Crippen LogP contribution < -0.4 is 0 Å². The maximum atomic E-state index is 9.64. The fourth-order valence-electron chi connectivity index (χ4n) is 1.32. The third-order valence-corrected chi connectivity index (χ3v) is 1.99. The largest absolute Gasteiger partial charge is 0.388 e. The molecule has 1 N–H and O–H groups in total. The maximum Gasteiger partial charge on any atom is 0.0790 e. The zero-order chi connectivity index (χ0) is 8.97. The van der Waals surface area contributed by atoms with Crippen molar-refractivity contribution in [2.45, 2.75) is 32.8 Å². The van der Waals surface area contributed by atoms with Gasteiger partial charge in [0.05, 0.1) is 6.10 Å². The highest BCUT2D eigenvalue weighted by Crippen LogP contribution is 2.18. The predicted octanol–water partition coefficient (Wildman–Crippen LogP) is 2.83. The van der Waals surface area contributed by atoms with Gasteiger partial charge in [0.2, 0.25) is 0 Å². The van der Waals surface area contributed by atoms with Gasteiger partial charge >= 0.3 is 0 Å². The maximum absolute atomic E-state index is 9.64. The van der Waals surface area contributed by atoms with Crippen molar-refractivity contribution in [3.63, 3.8) is 0 Å². The minimum absolute atomic E-state index is 0.283. The lowest BCUT2D eigenvalue weighted by atomic mass is 10.0. The molecule has 0 amide bonds. The van der Waals surface area contributed by atoms with Crippen molar-refractivity contribution in [3.8, 4) is 0 Å². The van der Waals surface area contributed by atoms with Crippen molar-refractivity contribution in [2.24, 2.45) is 0 Å². The molecule has 1 aromatic carbocycles. The van der Waals surface area contributed by atoms with Crippen LogP contribution in [0.1, 0.15) is 37.0 Å². The van der Waals surface area contributed by atoms with Crippen LogP contribution in [-0.2, 0) is 0 Å². The SMILES string of the molecule is CCCC(O)c1cccc(C)c1. The Morgan fingerprint density at radius 2 is 2.17 bits per heavy atom. The number of aryl methyl sites for hydroxylation is 1. The van der Waals surface area contributed by atoms with Gasteiger partial charge in [0.15, 0.2) is 0 Å². The van der Waals surface area contributed by atoms with Gasteiger partial charge in [0.25, 0.3) is 0 Å². The number of benzene rings is 1. The van der Waals surface area contributed by atoms with Gasteiger partial charge in [-0.1, -0.05) is 43.2 Å². The lowest BCUT2D eigenvalue weighted by molar-refractivity contribution is 0.166. The lowest BCUT2D eigenvalue weighted by Crippen LogP contribution is -1.96. The Bertz CT molecular complexity index is 243. The van der Waals surface area contributed by atoms with Gasteiger partial charge in [-0.15, -0.1) is 0 Å². The summed E-state index contributed by atoms with van der Waals surface area (Å²) in [6, 6.07) is 8.05. The second kappa shape index (κ2) is 4.27. The number of hydrogen-bond acceptors (Lipinski definition) is 1. The van der Waals surface area contributed by atoms with Crippen LogP contribution in [0.15, 0.2) is 24.3 Å². The first kappa shape index (κ1) is 9.27. The Kier molecular flexibility index (Phi) is 3.30. The monoisotopic (exact) mass is 164 g/mol. The highest BCUT2D eigenvalue weighted by Gasteiger charge is 2.04. The molecule has 0 bridgehead atoms. The van der Waals surface area contributed by atoms with Crippen molar-refractivity contribution in [1.29, 1.82) is 0 Å². The molecule has 0 aromatic heterocycles. The molecule has 0 aliphatic rings. The van der Waals surface area contributed by atoms with E-state index in [0.717, 1.165) is 18.4 Å². The summed E-state index contributed by atoms with van der Waals surface area (Å²) in [4.78, 5) is 0. The summed E-state index contributed by atoms with van der Waals surface area (Å²) < 4.78 is 0. The highest BCUT2D eigenvalue weighted by atomic mass is 16.3. The Hall–Kier alpha value is -0.820. The number of aliphatic hydroxyl groups excluding tert-OH is 1.